The Bertz CT molecular complexity index is 490. The number of aromatic nitrogens is 1. The summed E-state index contributed by atoms with van der Waals surface area (Å²) in [5.41, 5.74) is 0.582. The van der Waals surface area contributed by atoms with Gasteiger partial charge in [0, 0.05) is 17.2 Å². The lowest BCUT2D eigenvalue weighted by atomic mass is 9.69. The van der Waals surface area contributed by atoms with Crippen LogP contribution in [0.3, 0.4) is 0 Å². The Balaban J connectivity index is 2.23. The maximum Gasteiger partial charge on any atom is 0.406 e. The molecule has 5 nitrogen and oxygen atoms in total. The molecule has 1 aliphatic rings. The Kier molecular flexibility index (Phi) is 3.31. The van der Waals surface area contributed by atoms with Crippen LogP contribution in [0.4, 0.5) is 5.82 Å². The van der Waals surface area contributed by atoms with Gasteiger partial charge in [0.2, 0.25) is 5.75 Å². The van der Waals surface area contributed by atoms with Gasteiger partial charge < -0.3 is 14.9 Å². The molecule has 0 radical (unpaired) electrons. The predicted molar refractivity (Wildman–Crippen MR) is 71.2 cm³/mol. The summed E-state index contributed by atoms with van der Waals surface area (Å²) in [6.45, 7) is 5.88. The summed E-state index contributed by atoms with van der Waals surface area (Å²) in [6.07, 6.45) is 0.822. The van der Waals surface area contributed by atoms with E-state index in [1.165, 1.54) is 0 Å². The molecule has 6 heteroatoms. The molecule has 0 N–H and O–H groups in total. The minimum Gasteiger partial charge on any atom is -0.482 e. The fraction of sp³-hybridized carbons (Fsp3) is 0.583. The first-order chi connectivity index (χ1) is 8.32. The van der Waals surface area contributed by atoms with Crippen LogP contribution in [-0.4, -0.2) is 20.8 Å². The van der Waals surface area contributed by atoms with Crippen molar-refractivity contribution in [1.82, 2.24) is 4.98 Å². The molecule has 18 heavy (non-hydrogen) atoms. The van der Waals surface area contributed by atoms with Crippen molar-refractivity contribution in [2.75, 3.05) is 0 Å². The third kappa shape index (κ3) is 2.21. The van der Waals surface area contributed by atoms with Gasteiger partial charge >= 0.3 is 5.82 Å². The highest BCUT2D eigenvalue weighted by atomic mass is 79.9. The largest absolute Gasteiger partial charge is 0.482 e. The van der Waals surface area contributed by atoms with Crippen molar-refractivity contribution in [2.24, 2.45) is 5.41 Å². The zero-order valence-electron chi connectivity index (χ0n) is 10.5. The van der Waals surface area contributed by atoms with Crippen LogP contribution in [0.5, 0.6) is 5.75 Å². The third-order valence-electron chi connectivity index (χ3n) is 3.48. The number of pyridine rings is 1. The number of alkyl halides is 1. The molecule has 0 spiro atoms. The van der Waals surface area contributed by atoms with Gasteiger partial charge in [0.05, 0.1) is 0 Å². The number of ether oxygens (including phenoxy) is 1. The van der Waals surface area contributed by atoms with Crippen molar-refractivity contribution in [3.05, 3.63) is 27.9 Å². The van der Waals surface area contributed by atoms with Crippen LogP contribution in [0.15, 0.2) is 12.1 Å². The first-order valence-electron chi connectivity index (χ1n) is 5.75. The number of hydrogen-bond donors (Lipinski definition) is 0. The Hall–Kier alpha value is -1.17. The van der Waals surface area contributed by atoms with Gasteiger partial charge in [-0.1, -0.05) is 29.8 Å². The van der Waals surface area contributed by atoms with E-state index >= 15 is 0 Å². The number of aryl methyl sites for hydroxylation is 1. The van der Waals surface area contributed by atoms with Gasteiger partial charge in [-0.2, -0.15) is 0 Å². The highest BCUT2D eigenvalue weighted by molar-refractivity contribution is 9.09. The van der Waals surface area contributed by atoms with Crippen LogP contribution < -0.4 is 4.74 Å². The molecule has 1 aromatic rings. The van der Waals surface area contributed by atoms with E-state index in [1.807, 2.05) is 0 Å². The molecule has 0 saturated heterocycles. The maximum absolute atomic E-state index is 10.9. The van der Waals surface area contributed by atoms with E-state index in [1.54, 1.807) is 19.1 Å². The van der Waals surface area contributed by atoms with E-state index in [2.05, 4.69) is 34.8 Å². The SMILES string of the molecule is Cc1ccc(OC2CC(Br)C2(C)C)c([N+](=O)[O-])n1. The highest BCUT2D eigenvalue weighted by Gasteiger charge is 2.49. The van der Waals surface area contributed by atoms with Crippen molar-refractivity contribution in [3.63, 3.8) is 0 Å². The Morgan fingerprint density at radius 2 is 2.22 bits per heavy atom. The monoisotopic (exact) mass is 314 g/mol. The summed E-state index contributed by atoms with van der Waals surface area (Å²) >= 11 is 3.56. The lowest BCUT2D eigenvalue weighted by Gasteiger charge is -2.48. The Morgan fingerprint density at radius 3 is 2.72 bits per heavy atom. The first kappa shape index (κ1) is 13.3. The summed E-state index contributed by atoms with van der Waals surface area (Å²) in [5, 5.41) is 10.9. The van der Waals surface area contributed by atoms with Crippen molar-refractivity contribution in [1.29, 1.82) is 0 Å². The molecule has 0 amide bonds. The van der Waals surface area contributed by atoms with E-state index in [4.69, 9.17) is 4.74 Å². The van der Waals surface area contributed by atoms with Crippen LogP contribution in [0.25, 0.3) is 0 Å². The van der Waals surface area contributed by atoms with E-state index in [9.17, 15) is 10.1 Å². The second kappa shape index (κ2) is 4.50. The highest BCUT2D eigenvalue weighted by Crippen LogP contribution is 2.48. The van der Waals surface area contributed by atoms with Gasteiger partial charge in [0.25, 0.3) is 0 Å². The molecule has 2 unspecified atom stereocenters. The first-order valence-corrected chi connectivity index (χ1v) is 6.66. The molecular formula is C12H15BrN2O3. The average molecular weight is 315 g/mol. The van der Waals surface area contributed by atoms with Gasteiger partial charge in [0.15, 0.2) is 0 Å². The topological polar surface area (TPSA) is 65.3 Å². The number of hydrogen-bond acceptors (Lipinski definition) is 4. The Morgan fingerprint density at radius 1 is 1.56 bits per heavy atom. The minimum absolute atomic E-state index is 0.0231. The van der Waals surface area contributed by atoms with Gasteiger partial charge in [-0.25, -0.2) is 0 Å². The molecule has 0 bridgehead atoms. The number of nitro groups is 1. The number of halogens is 1. The van der Waals surface area contributed by atoms with Crippen molar-refractivity contribution < 1.29 is 9.66 Å². The third-order valence-corrected chi connectivity index (χ3v) is 5.03. The van der Waals surface area contributed by atoms with E-state index in [0.717, 1.165) is 6.42 Å². The Labute approximate surface area is 114 Å². The second-order valence-corrected chi connectivity index (χ2v) is 6.27. The molecule has 0 aromatic carbocycles. The minimum atomic E-state index is -0.500. The molecule has 2 rings (SSSR count). The molecule has 0 aliphatic heterocycles. The zero-order valence-corrected chi connectivity index (χ0v) is 12.1. The fourth-order valence-corrected chi connectivity index (χ4v) is 2.58. The molecule has 1 fully saturated rings. The van der Waals surface area contributed by atoms with Crippen molar-refractivity contribution >= 4 is 21.7 Å². The lowest BCUT2D eigenvalue weighted by Crippen LogP contribution is -2.53. The van der Waals surface area contributed by atoms with Crippen molar-refractivity contribution in [2.45, 2.75) is 38.1 Å². The molecule has 1 heterocycles. The molecule has 1 aliphatic carbocycles. The maximum atomic E-state index is 10.9. The standard InChI is InChI=1S/C12H15BrN2O3/c1-7-4-5-8(11(14-7)15(16)17)18-10-6-9(13)12(10,2)3/h4-5,9-10H,6H2,1-3H3. The van der Waals surface area contributed by atoms with Gasteiger partial charge in [0.1, 0.15) is 11.8 Å². The normalized spacial score (nSPS) is 25.3. The fourth-order valence-electron chi connectivity index (χ4n) is 1.94. The molecule has 1 saturated carbocycles. The van der Waals surface area contributed by atoms with Crippen LogP contribution in [0.1, 0.15) is 26.0 Å². The average Bonchev–Trinajstić information content (AvgIpc) is 2.30. The van der Waals surface area contributed by atoms with Gasteiger partial charge in [-0.15, -0.1) is 0 Å². The molecule has 2 atom stereocenters. The van der Waals surface area contributed by atoms with E-state index in [0.29, 0.717) is 10.5 Å². The molecule has 1 aromatic heterocycles. The van der Waals surface area contributed by atoms with Crippen LogP contribution in [-0.2, 0) is 0 Å². The lowest BCUT2D eigenvalue weighted by molar-refractivity contribution is -0.391. The van der Waals surface area contributed by atoms with Crippen LogP contribution in [0.2, 0.25) is 0 Å². The summed E-state index contributed by atoms with van der Waals surface area (Å²) < 4.78 is 5.75. The van der Waals surface area contributed by atoms with Crippen molar-refractivity contribution in [3.8, 4) is 5.75 Å². The van der Waals surface area contributed by atoms with Crippen LogP contribution >= 0.6 is 15.9 Å². The molecule has 98 valence electrons. The van der Waals surface area contributed by atoms with Gasteiger partial charge in [-0.3, -0.25) is 0 Å². The van der Waals surface area contributed by atoms with Crippen LogP contribution in [0, 0.1) is 22.5 Å². The zero-order chi connectivity index (χ0) is 13.5. The van der Waals surface area contributed by atoms with E-state index in [-0.39, 0.29) is 23.1 Å². The summed E-state index contributed by atoms with van der Waals surface area (Å²) in [5.74, 6) is 0.0481. The van der Waals surface area contributed by atoms with E-state index < -0.39 is 4.92 Å². The van der Waals surface area contributed by atoms with Gasteiger partial charge in [-0.05, 0) is 28.5 Å². The summed E-state index contributed by atoms with van der Waals surface area (Å²) in [4.78, 5) is 14.7. The smallest absolute Gasteiger partial charge is 0.406 e. The summed E-state index contributed by atoms with van der Waals surface area (Å²) in [6, 6.07) is 3.34. The second-order valence-electron chi connectivity index (χ2n) is 5.16. The predicted octanol–water partition coefficient (Wildman–Crippen LogP) is 3.24. The number of rotatable bonds is 3. The molecular weight excluding hydrogens is 300 g/mol. The summed E-state index contributed by atoms with van der Waals surface area (Å²) in [7, 11) is 0. The number of nitrogens with zero attached hydrogens (tertiary/aromatic N) is 2. The quantitative estimate of drug-likeness (QED) is 0.488.